The number of thiophene rings is 1. The van der Waals surface area contributed by atoms with Gasteiger partial charge in [0.05, 0.1) is 6.04 Å². The van der Waals surface area contributed by atoms with E-state index in [2.05, 4.69) is 16.5 Å². The van der Waals surface area contributed by atoms with Gasteiger partial charge in [-0.3, -0.25) is 0 Å². The largest absolute Gasteiger partial charge is 0.409 e. The van der Waals surface area contributed by atoms with E-state index in [1.54, 1.807) is 11.3 Å². The van der Waals surface area contributed by atoms with Crippen LogP contribution in [0.1, 0.15) is 24.8 Å². The van der Waals surface area contributed by atoms with Crippen LogP contribution < -0.4 is 11.1 Å². The maximum atomic E-state index is 8.47. The molecule has 4 nitrogen and oxygen atoms in total. The third-order valence-corrected chi connectivity index (χ3v) is 3.08. The van der Waals surface area contributed by atoms with Gasteiger partial charge >= 0.3 is 0 Å². The molecule has 14 heavy (non-hydrogen) atoms. The zero-order valence-corrected chi connectivity index (χ0v) is 9.08. The second-order valence-electron chi connectivity index (χ2n) is 3.15. The van der Waals surface area contributed by atoms with Crippen molar-refractivity contribution in [2.24, 2.45) is 10.9 Å². The first-order chi connectivity index (χ1) is 6.65. The summed E-state index contributed by atoms with van der Waals surface area (Å²) in [6, 6.07) is 4.15. The van der Waals surface area contributed by atoms with Crippen LogP contribution in [-0.2, 0) is 0 Å². The van der Waals surface area contributed by atoms with Crippen LogP contribution in [-0.4, -0.2) is 17.1 Å². The average molecular weight is 213 g/mol. The van der Waals surface area contributed by atoms with Crippen molar-refractivity contribution in [3.05, 3.63) is 22.4 Å². The molecule has 78 valence electrons. The van der Waals surface area contributed by atoms with E-state index in [0.29, 0.717) is 0 Å². The number of nitrogens with zero attached hydrogens (tertiary/aromatic N) is 1. The van der Waals surface area contributed by atoms with Crippen LogP contribution in [0.25, 0.3) is 0 Å². The van der Waals surface area contributed by atoms with Gasteiger partial charge in [-0.2, -0.15) is 0 Å². The molecule has 1 aromatic rings. The number of nitrogens with one attached hydrogen (secondary N) is 1. The summed E-state index contributed by atoms with van der Waals surface area (Å²) in [5, 5.41) is 16.7. The van der Waals surface area contributed by atoms with Gasteiger partial charge in [-0.05, 0) is 25.3 Å². The van der Waals surface area contributed by atoms with Gasteiger partial charge in [-0.25, -0.2) is 0 Å². The summed E-state index contributed by atoms with van der Waals surface area (Å²) in [4.78, 5) is 1.24. The normalized spacial score (nSPS) is 16.6. The molecule has 5 heteroatoms. The second-order valence-corrected chi connectivity index (χ2v) is 4.13. The molecule has 4 N–H and O–H groups in total. The highest BCUT2D eigenvalue weighted by Crippen LogP contribution is 2.18. The van der Waals surface area contributed by atoms with Crippen LogP contribution in [0.15, 0.2) is 22.7 Å². The van der Waals surface area contributed by atoms with Crippen LogP contribution in [0.2, 0.25) is 0 Å². The molecule has 0 saturated heterocycles. The van der Waals surface area contributed by atoms with Gasteiger partial charge in [-0.1, -0.05) is 11.2 Å². The van der Waals surface area contributed by atoms with E-state index in [9.17, 15) is 0 Å². The van der Waals surface area contributed by atoms with E-state index in [-0.39, 0.29) is 17.9 Å². The molecule has 0 aromatic carbocycles. The zero-order valence-electron chi connectivity index (χ0n) is 8.27. The molecule has 0 aliphatic heterocycles. The minimum absolute atomic E-state index is 0.128. The minimum Gasteiger partial charge on any atom is -0.409 e. The van der Waals surface area contributed by atoms with E-state index in [0.717, 1.165) is 0 Å². The Labute approximate surface area is 87.4 Å². The lowest BCUT2D eigenvalue weighted by Crippen LogP contribution is -2.40. The molecule has 1 heterocycles. The third kappa shape index (κ3) is 2.71. The Balaban J connectivity index is 2.53. The van der Waals surface area contributed by atoms with Crippen LogP contribution in [0.5, 0.6) is 0 Å². The third-order valence-electron chi connectivity index (χ3n) is 2.03. The van der Waals surface area contributed by atoms with Gasteiger partial charge < -0.3 is 16.3 Å². The molecule has 0 fully saturated rings. The molecule has 1 unspecified atom stereocenters. The van der Waals surface area contributed by atoms with E-state index in [1.165, 1.54) is 4.88 Å². The number of nitrogens with two attached hydrogens (primary N) is 1. The van der Waals surface area contributed by atoms with E-state index < -0.39 is 0 Å². The highest BCUT2D eigenvalue weighted by Gasteiger charge is 2.12. The number of amidine groups is 1. The Morgan fingerprint density at radius 1 is 1.64 bits per heavy atom. The lowest BCUT2D eigenvalue weighted by atomic mass is 10.2. The highest BCUT2D eigenvalue weighted by atomic mass is 32.1. The molecule has 0 saturated carbocycles. The molecule has 0 aliphatic rings. The van der Waals surface area contributed by atoms with E-state index in [4.69, 9.17) is 10.9 Å². The summed E-state index contributed by atoms with van der Waals surface area (Å²) in [5.74, 6) is 0.202. The Hall–Kier alpha value is -1.07. The predicted octanol–water partition coefficient (Wildman–Crippen LogP) is 1.53. The van der Waals surface area contributed by atoms with Crippen LogP contribution in [0, 0.1) is 0 Å². The van der Waals surface area contributed by atoms with Crippen molar-refractivity contribution in [2.75, 3.05) is 0 Å². The van der Waals surface area contributed by atoms with Crippen molar-refractivity contribution in [1.82, 2.24) is 5.32 Å². The van der Waals surface area contributed by atoms with Gasteiger partial charge in [0.25, 0.3) is 0 Å². The molecule has 0 spiro atoms. The first kappa shape index (κ1) is 11.0. The summed E-state index contributed by atoms with van der Waals surface area (Å²) in [6.07, 6.45) is 0. The summed E-state index contributed by atoms with van der Waals surface area (Å²) < 4.78 is 0. The van der Waals surface area contributed by atoms with Crippen molar-refractivity contribution < 1.29 is 5.21 Å². The highest BCUT2D eigenvalue weighted by molar-refractivity contribution is 7.10. The average Bonchev–Trinajstić information content (AvgIpc) is 2.69. The summed E-state index contributed by atoms with van der Waals surface area (Å²) in [5.41, 5.74) is 5.46. The molecule has 0 bridgehead atoms. The lowest BCUT2D eigenvalue weighted by Gasteiger charge is -2.17. The maximum Gasteiger partial charge on any atom is 0.156 e. The fraction of sp³-hybridized carbons (Fsp3) is 0.444. The van der Waals surface area contributed by atoms with E-state index >= 15 is 0 Å². The lowest BCUT2D eigenvalue weighted by molar-refractivity contribution is 0.314. The van der Waals surface area contributed by atoms with E-state index in [1.807, 2.05) is 25.3 Å². The summed E-state index contributed by atoms with van der Waals surface area (Å²) in [6.45, 7) is 3.91. The molecule has 0 amide bonds. The number of rotatable bonds is 4. The van der Waals surface area contributed by atoms with Crippen molar-refractivity contribution in [2.45, 2.75) is 25.9 Å². The fourth-order valence-corrected chi connectivity index (χ4v) is 1.91. The molecule has 1 rings (SSSR count). The molecular formula is C9H15N3OS. The molecule has 2 atom stereocenters. The van der Waals surface area contributed by atoms with Gasteiger partial charge in [0.2, 0.25) is 0 Å². The first-order valence-electron chi connectivity index (χ1n) is 4.42. The van der Waals surface area contributed by atoms with Gasteiger partial charge in [0, 0.05) is 10.9 Å². The van der Waals surface area contributed by atoms with Crippen LogP contribution in [0.3, 0.4) is 0 Å². The Morgan fingerprint density at radius 2 is 2.36 bits per heavy atom. The van der Waals surface area contributed by atoms with Crippen molar-refractivity contribution in [1.29, 1.82) is 0 Å². The number of hydrogen-bond acceptors (Lipinski definition) is 4. The predicted molar refractivity (Wildman–Crippen MR) is 58.7 cm³/mol. The fourth-order valence-electron chi connectivity index (χ4n) is 1.17. The van der Waals surface area contributed by atoms with Crippen LogP contribution in [0.4, 0.5) is 0 Å². The summed E-state index contributed by atoms with van der Waals surface area (Å²) in [7, 11) is 0. The Kier molecular flexibility index (Phi) is 3.91. The van der Waals surface area contributed by atoms with Crippen molar-refractivity contribution >= 4 is 17.2 Å². The molecular weight excluding hydrogens is 198 g/mol. The van der Waals surface area contributed by atoms with Gasteiger partial charge in [0.15, 0.2) is 5.84 Å². The van der Waals surface area contributed by atoms with Crippen molar-refractivity contribution in [3.63, 3.8) is 0 Å². The smallest absolute Gasteiger partial charge is 0.156 e. The zero-order chi connectivity index (χ0) is 10.6. The standard InChI is InChI=1S/C9H15N3OS/c1-6(8-4-3-5-14-8)11-7(2)9(10)12-13/h3-7,11,13H,1-2H3,(H2,10,12)/t6-,7?/m1/s1. The van der Waals surface area contributed by atoms with Gasteiger partial charge in [-0.15, -0.1) is 11.3 Å². The van der Waals surface area contributed by atoms with Gasteiger partial charge in [0.1, 0.15) is 0 Å². The Morgan fingerprint density at radius 3 is 2.86 bits per heavy atom. The quantitative estimate of drug-likeness (QED) is 0.307. The molecule has 0 aliphatic carbocycles. The molecule has 0 radical (unpaired) electrons. The number of oxime groups is 1. The van der Waals surface area contributed by atoms with Crippen molar-refractivity contribution in [3.8, 4) is 0 Å². The summed E-state index contributed by atoms with van der Waals surface area (Å²) >= 11 is 1.69. The van der Waals surface area contributed by atoms with Crippen LogP contribution >= 0.6 is 11.3 Å². The SMILES string of the molecule is CC(N[C@H](C)c1cccs1)/C(N)=N/O. The first-order valence-corrected chi connectivity index (χ1v) is 5.30. The number of hydrogen-bond donors (Lipinski definition) is 3. The second kappa shape index (κ2) is 4.97. The molecule has 1 aromatic heterocycles. The minimum atomic E-state index is -0.128. The maximum absolute atomic E-state index is 8.47. The topological polar surface area (TPSA) is 70.6 Å². The monoisotopic (exact) mass is 213 g/mol. The Bertz CT molecular complexity index is 297.